The minimum absolute atomic E-state index is 0.0800. The number of nitrogens with zero attached hydrogens (tertiary/aromatic N) is 1. The van der Waals surface area contributed by atoms with Crippen LogP contribution in [-0.2, 0) is 33.8 Å². The molecule has 0 saturated heterocycles. The van der Waals surface area contributed by atoms with E-state index in [9.17, 15) is 14.4 Å². The van der Waals surface area contributed by atoms with Crippen molar-refractivity contribution in [1.29, 1.82) is 0 Å². The van der Waals surface area contributed by atoms with E-state index in [0.717, 1.165) is 43.1 Å². The number of amides is 2. The second-order valence-electron chi connectivity index (χ2n) is 8.79. The maximum atomic E-state index is 13.7. The third-order valence-corrected chi connectivity index (χ3v) is 6.75. The molecule has 1 N–H and O–H groups in total. The van der Waals surface area contributed by atoms with Crippen LogP contribution in [0.25, 0.3) is 0 Å². The summed E-state index contributed by atoms with van der Waals surface area (Å²) in [5.41, 5.74) is 2.35. The lowest BCUT2D eigenvalue weighted by Crippen LogP contribution is -2.56. The summed E-state index contributed by atoms with van der Waals surface area (Å²) in [6.07, 6.45) is 5.86. The Balaban J connectivity index is 1.52. The van der Waals surface area contributed by atoms with Crippen LogP contribution in [0.5, 0.6) is 0 Å². The van der Waals surface area contributed by atoms with Crippen molar-refractivity contribution in [3.63, 3.8) is 0 Å². The van der Waals surface area contributed by atoms with Crippen molar-refractivity contribution in [2.24, 2.45) is 5.41 Å². The fourth-order valence-corrected chi connectivity index (χ4v) is 4.97. The molecule has 1 aliphatic carbocycles. The Kier molecular flexibility index (Phi) is 6.50. The molecule has 2 amide bonds. The van der Waals surface area contributed by atoms with Crippen molar-refractivity contribution in [1.82, 2.24) is 10.2 Å². The van der Waals surface area contributed by atoms with E-state index in [1.54, 1.807) is 0 Å². The molecule has 162 valence electrons. The molecule has 31 heavy (non-hydrogen) atoms. The van der Waals surface area contributed by atoms with Crippen LogP contribution in [0, 0.1) is 5.41 Å². The van der Waals surface area contributed by atoms with Gasteiger partial charge in [-0.25, -0.2) is 0 Å². The number of nitrogens with one attached hydrogen (secondary N) is 1. The first-order valence-corrected chi connectivity index (χ1v) is 11.3. The minimum Gasteiger partial charge on any atom is -0.345 e. The van der Waals surface area contributed by atoms with Crippen LogP contribution in [0.3, 0.4) is 0 Å². The molecule has 2 aliphatic rings. The number of carbonyl (C=O) groups excluding carboxylic acids is 3. The van der Waals surface area contributed by atoms with Gasteiger partial charge in [0.25, 0.3) is 0 Å². The largest absolute Gasteiger partial charge is 0.345 e. The quantitative estimate of drug-likeness (QED) is 0.577. The number of hydrogen-bond acceptors (Lipinski definition) is 3. The summed E-state index contributed by atoms with van der Waals surface area (Å²) in [6, 6.07) is 17.2. The van der Waals surface area contributed by atoms with Crippen LogP contribution in [0.2, 0.25) is 0 Å². The van der Waals surface area contributed by atoms with Gasteiger partial charge >= 0.3 is 0 Å². The van der Waals surface area contributed by atoms with Gasteiger partial charge in [0.15, 0.2) is 0 Å². The van der Waals surface area contributed by atoms with E-state index in [2.05, 4.69) is 17.4 Å². The second-order valence-corrected chi connectivity index (χ2v) is 8.79. The van der Waals surface area contributed by atoms with Crippen molar-refractivity contribution in [3.8, 4) is 0 Å². The number of rotatable bonds is 6. The summed E-state index contributed by atoms with van der Waals surface area (Å²) >= 11 is 0. The van der Waals surface area contributed by atoms with Gasteiger partial charge < -0.3 is 15.0 Å². The normalized spacial score (nSPS) is 18.5. The summed E-state index contributed by atoms with van der Waals surface area (Å²) in [5, 5.41) is 2.91. The first-order valence-electron chi connectivity index (χ1n) is 11.3. The Morgan fingerprint density at radius 2 is 1.65 bits per heavy atom. The standard InChI is InChI=1S/C26H30N2O3/c29-19-23(17-20-9-3-1-4-10-20)27-24(30)26(14-7-2-8-15-26)25(31)28-16-13-21-11-5-6-12-22(21)18-28/h1,3-6,9-12,19,23H,2,7-8,13-18H2,(H,27,30). The summed E-state index contributed by atoms with van der Waals surface area (Å²) in [7, 11) is 0. The summed E-state index contributed by atoms with van der Waals surface area (Å²) in [6.45, 7) is 1.18. The fraction of sp³-hybridized carbons (Fsp3) is 0.423. The summed E-state index contributed by atoms with van der Waals surface area (Å²) in [5.74, 6) is -0.368. The zero-order chi connectivity index (χ0) is 21.7. The summed E-state index contributed by atoms with van der Waals surface area (Å²) < 4.78 is 0. The molecule has 1 atom stereocenters. The van der Waals surface area contributed by atoms with E-state index in [-0.39, 0.29) is 11.8 Å². The number of carbonyl (C=O) groups is 3. The minimum atomic E-state index is -1.07. The Morgan fingerprint density at radius 3 is 2.35 bits per heavy atom. The van der Waals surface area contributed by atoms with Gasteiger partial charge in [0.2, 0.25) is 11.8 Å². The van der Waals surface area contributed by atoms with Crippen molar-refractivity contribution in [2.75, 3.05) is 6.54 Å². The average molecular weight is 419 g/mol. The molecule has 1 aliphatic heterocycles. The van der Waals surface area contributed by atoms with Crippen molar-refractivity contribution >= 4 is 18.1 Å². The number of fused-ring (bicyclic) bond motifs is 1. The zero-order valence-electron chi connectivity index (χ0n) is 17.9. The Morgan fingerprint density at radius 1 is 0.968 bits per heavy atom. The number of benzene rings is 2. The van der Waals surface area contributed by atoms with Crippen LogP contribution in [0.1, 0.15) is 48.8 Å². The molecule has 5 heteroatoms. The SMILES string of the molecule is O=CC(Cc1ccccc1)NC(=O)C1(C(=O)N2CCc3ccccc3C2)CCCCC1. The predicted octanol–water partition coefficient (Wildman–Crippen LogP) is 3.45. The van der Waals surface area contributed by atoms with Gasteiger partial charge in [-0.3, -0.25) is 9.59 Å². The smallest absolute Gasteiger partial charge is 0.238 e. The van der Waals surface area contributed by atoms with Gasteiger partial charge in [0.05, 0.1) is 6.04 Å². The highest BCUT2D eigenvalue weighted by molar-refractivity contribution is 6.05. The lowest BCUT2D eigenvalue weighted by atomic mass is 9.71. The molecule has 1 fully saturated rings. The molecule has 1 heterocycles. The van der Waals surface area contributed by atoms with Crippen molar-refractivity contribution in [3.05, 3.63) is 71.3 Å². The average Bonchev–Trinajstić information content (AvgIpc) is 2.83. The van der Waals surface area contributed by atoms with Gasteiger partial charge in [-0.2, -0.15) is 0 Å². The molecule has 0 radical (unpaired) electrons. The van der Waals surface area contributed by atoms with E-state index < -0.39 is 11.5 Å². The van der Waals surface area contributed by atoms with Crippen LogP contribution in [0.15, 0.2) is 54.6 Å². The predicted molar refractivity (Wildman–Crippen MR) is 119 cm³/mol. The second kappa shape index (κ2) is 9.46. The molecule has 0 bridgehead atoms. The highest BCUT2D eigenvalue weighted by Crippen LogP contribution is 2.39. The monoisotopic (exact) mass is 418 g/mol. The highest BCUT2D eigenvalue weighted by Gasteiger charge is 2.49. The third kappa shape index (κ3) is 4.55. The highest BCUT2D eigenvalue weighted by atomic mass is 16.2. The number of aldehydes is 1. The first kappa shape index (κ1) is 21.3. The topological polar surface area (TPSA) is 66.5 Å². The molecule has 1 unspecified atom stereocenters. The molecule has 2 aromatic carbocycles. The van der Waals surface area contributed by atoms with Crippen LogP contribution in [0.4, 0.5) is 0 Å². The van der Waals surface area contributed by atoms with E-state index in [0.29, 0.717) is 32.4 Å². The molecule has 0 aromatic heterocycles. The van der Waals surface area contributed by atoms with Crippen LogP contribution < -0.4 is 5.32 Å². The third-order valence-electron chi connectivity index (χ3n) is 6.75. The molecule has 2 aromatic rings. The van der Waals surface area contributed by atoms with E-state index >= 15 is 0 Å². The first-order chi connectivity index (χ1) is 15.1. The van der Waals surface area contributed by atoms with Gasteiger partial charge in [-0.1, -0.05) is 73.9 Å². The van der Waals surface area contributed by atoms with Crippen LogP contribution in [-0.4, -0.2) is 35.6 Å². The van der Waals surface area contributed by atoms with E-state index in [1.807, 2.05) is 47.4 Å². The lowest BCUT2D eigenvalue weighted by Gasteiger charge is -2.40. The van der Waals surface area contributed by atoms with Gasteiger partial charge in [-0.05, 0) is 42.4 Å². The van der Waals surface area contributed by atoms with Crippen molar-refractivity contribution < 1.29 is 14.4 Å². The van der Waals surface area contributed by atoms with E-state index in [4.69, 9.17) is 0 Å². The van der Waals surface area contributed by atoms with Gasteiger partial charge in [0.1, 0.15) is 11.7 Å². The van der Waals surface area contributed by atoms with E-state index in [1.165, 1.54) is 5.56 Å². The zero-order valence-corrected chi connectivity index (χ0v) is 17.9. The molecule has 4 rings (SSSR count). The fourth-order valence-electron chi connectivity index (χ4n) is 4.97. The molecule has 1 saturated carbocycles. The van der Waals surface area contributed by atoms with Gasteiger partial charge in [-0.15, -0.1) is 0 Å². The molecular formula is C26H30N2O3. The molecule has 5 nitrogen and oxygen atoms in total. The molecular weight excluding hydrogens is 388 g/mol. The lowest BCUT2D eigenvalue weighted by molar-refractivity contribution is -0.154. The Hall–Kier alpha value is -2.95. The summed E-state index contributed by atoms with van der Waals surface area (Å²) in [4.78, 5) is 40.8. The van der Waals surface area contributed by atoms with Crippen LogP contribution >= 0.6 is 0 Å². The van der Waals surface area contributed by atoms with Gasteiger partial charge in [0, 0.05) is 13.1 Å². The van der Waals surface area contributed by atoms with Crippen molar-refractivity contribution in [2.45, 2.75) is 57.5 Å². The molecule has 0 spiro atoms. The Bertz CT molecular complexity index is 935. The maximum Gasteiger partial charge on any atom is 0.238 e. The Labute approximate surface area is 183 Å². The number of hydrogen-bond donors (Lipinski definition) is 1. The maximum absolute atomic E-state index is 13.7.